The van der Waals surface area contributed by atoms with Crippen molar-refractivity contribution in [2.24, 2.45) is 5.92 Å². The third-order valence-electron chi connectivity index (χ3n) is 3.94. The van der Waals surface area contributed by atoms with Crippen molar-refractivity contribution in [3.63, 3.8) is 0 Å². The first kappa shape index (κ1) is 22.5. The molecular formula is C20H24N4O6. The van der Waals surface area contributed by atoms with Crippen LogP contribution >= 0.6 is 0 Å². The van der Waals surface area contributed by atoms with Crippen molar-refractivity contribution in [1.82, 2.24) is 21.5 Å². The van der Waals surface area contributed by atoms with Crippen molar-refractivity contribution in [3.8, 4) is 0 Å². The zero-order chi connectivity index (χ0) is 21.9. The lowest BCUT2D eigenvalue weighted by atomic mass is 10.0. The minimum Gasteiger partial charge on any atom is -0.467 e. The number of hydrazine groups is 1. The van der Waals surface area contributed by atoms with Crippen molar-refractivity contribution in [2.75, 3.05) is 0 Å². The third kappa shape index (κ3) is 7.30. The van der Waals surface area contributed by atoms with Crippen LogP contribution in [0.4, 0.5) is 4.79 Å². The highest BCUT2D eigenvalue weighted by atomic mass is 16.5. The number of carbonyl (C=O) groups excluding carboxylic acids is 4. The Morgan fingerprint density at radius 3 is 2.33 bits per heavy atom. The quantitative estimate of drug-likeness (QED) is 0.392. The fourth-order valence-corrected chi connectivity index (χ4v) is 2.34. The Bertz CT molecular complexity index is 851. The molecule has 1 heterocycles. The second-order valence-electron chi connectivity index (χ2n) is 6.63. The molecule has 10 heteroatoms. The predicted molar refractivity (Wildman–Crippen MR) is 105 cm³/mol. The van der Waals surface area contributed by atoms with Crippen LogP contribution in [0, 0.1) is 5.92 Å². The Morgan fingerprint density at radius 1 is 0.967 bits per heavy atom. The van der Waals surface area contributed by atoms with E-state index in [1.54, 1.807) is 38.1 Å². The Hall–Kier alpha value is -3.82. The number of hydrogen-bond donors (Lipinski definition) is 4. The molecule has 2 aromatic rings. The van der Waals surface area contributed by atoms with Crippen LogP contribution in [-0.2, 0) is 32.3 Å². The average Bonchev–Trinajstić information content (AvgIpc) is 3.26. The van der Waals surface area contributed by atoms with Crippen LogP contribution in [0.3, 0.4) is 0 Å². The molecule has 160 valence electrons. The molecule has 0 fully saturated rings. The molecule has 0 radical (unpaired) electrons. The molecule has 30 heavy (non-hydrogen) atoms. The zero-order valence-corrected chi connectivity index (χ0v) is 16.6. The van der Waals surface area contributed by atoms with Crippen LogP contribution in [0.25, 0.3) is 0 Å². The number of ether oxygens (including phenoxy) is 1. The number of nitrogens with one attached hydrogen (secondary N) is 4. The van der Waals surface area contributed by atoms with Crippen molar-refractivity contribution >= 4 is 23.8 Å². The predicted octanol–water partition coefficient (Wildman–Crippen LogP) is 0.994. The maximum Gasteiger partial charge on any atom is 0.408 e. The summed E-state index contributed by atoms with van der Waals surface area (Å²) in [7, 11) is 0. The lowest BCUT2D eigenvalue weighted by Gasteiger charge is -2.21. The van der Waals surface area contributed by atoms with Crippen LogP contribution in [-0.4, -0.2) is 29.9 Å². The van der Waals surface area contributed by atoms with Gasteiger partial charge in [-0.3, -0.25) is 25.2 Å². The van der Waals surface area contributed by atoms with Gasteiger partial charge in [-0.05, 0) is 23.6 Å². The zero-order valence-electron chi connectivity index (χ0n) is 16.6. The molecule has 4 amide bonds. The van der Waals surface area contributed by atoms with Crippen molar-refractivity contribution in [1.29, 1.82) is 0 Å². The van der Waals surface area contributed by atoms with Crippen LogP contribution in [0.15, 0.2) is 53.1 Å². The molecule has 1 atom stereocenters. The summed E-state index contributed by atoms with van der Waals surface area (Å²) in [6.07, 6.45) is 0.654. The number of amides is 4. The molecule has 0 saturated heterocycles. The number of rotatable bonds is 7. The molecule has 2 rings (SSSR count). The highest BCUT2D eigenvalue weighted by Gasteiger charge is 2.26. The Labute approximate surface area is 173 Å². The van der Waals surface area contributed by atoms with Gasteiger partial charge in [0.25, 0.3) is 5.91 Å². The highest BCUT2D eigenvalue weighted by molar-refractivity contribution is 6.35. The Balaban J connectivity index is 1.77. The van der Waals surface area contributed by atoms with Gasteiger partial charge in [0.05, 0.1) is 12.8 Å². The normalized spacial score (nSPS) is 11.3. The van der Waals surface area contributed by atoms with Crippen molar-refractivity contribution < 1.29 is 28.3 Å². The molecule has 10 nitrogen and oxygen atoms in total. The van der Waals surface area contributed by atoms with Gasteiger partial charge in [0, 0.05) is 0 Å². The van der Waals surface area contributed by atoms with E-state index in [2.05, 4.69) is 16.1 Å². The fourth-order valence-electron chi connectivity index (χ4n) is 2.34. The van der Waals surface area contributed by atoms with E-state index in [0.29, 0.717) is 5.76 Å². The van der Waals surface area contributed by atoms with E-state index in [0.717, 1.165) is 5.56 Å². The van der Waals surface area contributed by atoms with E-state index in [9.17, 15) is 19.2 Å². The average molecular weight is 416 g/mol. The topological polar surface area (TPSA) is 139 Å². The fraction of sp³-hybridized carbons (Fsp3) is 0.300. The first-order chi connectivity index (χ1) is 14.4. The van der Waals surface area contributed by atoms with Gasteiger partial charge in [0.15, 0.2) is 0 Å². The summed E-state index contributed by atoms with van der Waals surface area (Å²) in [5.41, 5.74) is 4.93. The SMILES string of the molecule is CC(C)[C@H](NC(=O)OCc1ccccc1)C(=O)NNC(=O)C(=O)NCc1ccco1. The Kier molecular flexibility index (Phi) is 8.42. The third-order valence-corrected chi connectivity index (χ3v) is 3.94. The van der Waals surface area contributed by atoms with Crippen LogP contribution < -0.4 is 21.5 Å². The largest absolute Gasteiger partial charge is 0.467 e. The second-order valence-corrected chi connectivity index (χ2v) is 6.63. The molecule has 0 unspecified atom stereocenters. The van der Waals surface area contributed by atoms with Gasteiger partial charge in [-0.25, -0.2) is 4.79 Å². The summed E-state index contributed by atoms with van der Waals surface area (Å²) in [4.78, 5) is 47.9. The first-order valence-corrected chi connectivity index (χ1v) is 9.24. The van der Waals surface area contributed by atoms with Gasteiger partial charge in [0.2, 0.25) is 0 Å². The van der Waals surface area contributed by atoms with E-state index in [4.69, 9.17) is 9.15 Å². The van der Waals surface area contributed by atoms with E-state index in [-0.39, 0.29) is 19.1 Å². The molecule has 0 spiro atoms. The maximum absolute atomic E-state index is 12.3. The van der Waals surface area contributed by atoms with Crippen molar-refractivity contribution in [2.45, 2.75) is 33.0 Å². The molecule has 4 N–H and O–H groups in total. The molecule has 0 bridgehead atoms. The monoisotopic (exact) mass is 416 g/mol. The molecule has 0 aliphatic rings. The van der Waals surface area contributed by atoms with Crippen LogP contribution in [0.1, 0.15) is 25.2 Å². The van der Waals surface area contributed by atoms with Gasteiger partial charge in [0.1, 0.15) is 18.4 Å². The van der Waals surface area contributed by atoms with E-state index >= 15 is 0 Å². The minimum atomic E-state index is -1.07. The van der Waals surface area contributed by atoms with Gasteiger partial charge in [-0.15, -0.1) is 0 Å². The van der Waals surface area contributed by atoms with E-state index in [1.165, 1.54) is 6.26 Å². The molecular weight excluding hydrogens is 392 g/mol. The summed E-state index contributed by atoms with van der Waals surface area (Å²) >= 11 is 0. The number of alkyl carbamates (subject to hydrolysis) is 1. The minimum absolute atomic E-state index is 0.0244. The van der Waals surface area contributed by atoms with Crippen molar-refractivity contribution in [3.05, 3.63) is 60.1 Å². The molecule has 1 aromatic carbocycles. The molecule has 0 aliphatic heterocycles. The molecule has 0 saturated carbocycles. The summed E-state index contributed by atoms with van der Waals surface area (Å²) in [5.74, 6) is -2.56. The summed E-state index contributed by atoms with van der Waals surface area (Å²) < 4.78 is 10.1. The highest BCUT2D eigenvalue weighted by Crippen LogP contribution is 2.04. The van der Waals surface area contributed by atoms with E-state index < -0.39 is 29.9 Å². The van der Waals surface area contributed by atoms with Gasteiger partial charge in [-0.1, -0.05) is 44.2 Å². The first-order valence-electron chi connectivity index (χ1n) is 9.24. The Morgan fingerprint density at radius 2 is 1.70 bits per heavy atom. The molecule has 1 aromatic heterocycles. The van der Waals surface area contributed by atoms with Gasteiger partial charge < -0.3 is 19.8 Å². The summed E-state index contributed by atoms with van der Waals surface area (Å²) in [6.45, 7) is 3.49. The number of furan rings is 1. The summed E-state index contributed by atoms with van der Waals surface area (Å²) in [5, 5.41) is 4.78. The lowest BCUT2D eigenvalue weighted by Crippen LogP contribution is -2.56. The summed E-state index contributed by atoms with van der Waals surface area (Å²) in [6, 6.07) is 11.4. The number of hydrogen-bond acceptors (Lipinski definition) is 6. The standard InChI is InChI=1S/C20H24N4O6/c1-13(2)16(22-20(28)30-12-14-7-4-3-5-8-14)17(25)23-24-19(27)18(26)21-11-15-9-6-10-29-15/h3-10,13,16H,11-12H2,1-2H3,(H,21,26)(H,22,28)(H,23,25)(H,24,27)/t16-/m0/s1. The maximum atomic E-state index is 12.3. The molecule has 0 aliphatic carbocycles. The van der Waals surface area contributed by atoms with Gasteiger partial charge in [-0.2, -0.15) is 0 Å². The van der Waals surface area contributed by atoms with Gasteiger partial charge >= 0.3 is 17.9 Å². The number of carbonyl (C=O) groups is 4. The van der Waals surface area contributed by atoms with Crippen LogP contribution in [0.5, 0.6) is 0 Å². The lowest BCUT2D eigenvalue weighted by molar-refractivity contribution is -0.141. The smallest absolute Gasteiger partial charge is 0.408 e. The second kappa shape index (κ2) is 11.2. The number of benzene rings is 1. The van der Waals surface area contributed by atoms with E-state index in [1.807, 2.05) is 23.6 Å². The van der Waals surface area contributed by atoms with Crippen LogP contribution in [0.2, 0.25) is 0 Å².